The number of rotatable bonds is 3. The first-order chi connectivity index (χ1) is 8.55. The predicted molar refractivity (Wildman–Crippen MR) is 60.8 cm³/mol. The van der Waals surface area contributed by atoms with E-state index in [4.69, 9.17) is 0 Å². The van der Waals surface area contributed by atoms with Crippen molar-refractivity contribution in [2.24, 2.45) is 0 Å². The SMILES string of the molecule is FC(F)(F)c1cccc(CNc2ncccn2)c1. The Kier molecular flexibility index (Phi) is 3.45. The lowest BCUT2D eigenvalue weighted by atomic mass is 10.1. The van der Waals surface area contributed by atoms with Crippen LogP contribution in [-0.4, -0.2) is 9.97 Å². The van der Waals surface area contributed by atoms with E-state index in [1.807, 2.05) is 0 Å². The van der Waals surface area contributed by atoms with Crippen molar-refractivity contribution in [3.63, 3.8) is 0 Å². The molecule has 1 aromatic heterocycles. The summed E-state index contributed by atoms with van der Waals surface area (Å²) in [5, 5.41) is 2.85. The van der Waals surface area contributed by atoms with Crippen LogP contribution in [0.4, 0.5) is 19.1 Å². The van der Waals surface area contributed by atoms with Crippen molar-refractivity contribution in [3.05, 3.63) is 53.9 Å². The molecule has 0 aliphatic heterocycles. The van der Waals surface area contributed by atoms with Crippen LogP contribution in [0, 0.1) is 0 Å². The fraction of sp³-hybridized carbons (Fsp3) is 0.167. The van der Waals surface area contributed by atoms with Gasteiger partial charge in [0.2, 0.25) is 5.95 Å². The second kappa shape index (κ2) is 5.03. The summed E-state index contributed by atoms with van der Waals surface area (Å²) in [5.74, 6) is 0.384. The Bertz CT molecular complexity index is 511. The molecule has 0 aliphatic rings. The molecule has 0 amide bonds. The van der Waals surface area contributed by atoms with E-state index in [0.717, 1.165) is 12.1 Å². The molecule has 0 aliphatic carbocycles. The van der Waals surface area contributed by atoms with Crippen LogP contribution in [0.15, 0.2) is 42.7 Å². The molecule has 94 valence electrons. The molecule has 0 spiro atoms. The fourth-order valence-corrected chi connectivity index (χ4v) is 1.43. The molecule has 18 heavy (non-hydrogen) atoms. The summed E-state index contributed by atoms with van der Waals surface area (Å²) in [4.78, 5) is 7.84. The number of anilines is 1. The quantitative estimate of drug-likeness (QED) is 0.913. The van der Waals surface area contributed by atoms with Crippen LogP contribution in [0.1, 0.15) is 11.1 Å². The Labute approximate surface area is 102 Å². The molecule has 0 radical (unpaired) electrons. The number of nitrogens with one attached hydrogen (secondary N) is 1. The molecule has 0 unspecified atom stereocenters. The maximum absolute atomic E-state index is 12.5. The third-order valence-corrected chi connectivity index (χ3v) is 2.27. The fourth-order valence-electron chi connectivity index (χ4n) is 1.43. The van der Waals surface area contributed by atoms with E-state index in [0.29, 0.717) is 11.5 Å². The van der Waals surface area contributed by atoms with Crippen molar-refractivity contribution < 1.29 is 13.2 Å². The summed E-state index contributed by atoms with van der Waals surface area (Å²) >= 11 is 0. The highest BCUT2D eigenvalue weighted by Gasteiger charge is 2.30. The standard InChI is InChI=1S/C12H10F3N3/c13-12(14,15)10-4-1-3-9(7-10)8-18-11-16-5-2-6-17-11/h1-7H,8H2,(H,16,17,18). The molecule has 6 heteroatoms. The minimum absolute atomic E-state index is 0.244. The van der Waals surface area contributed by atoms with Crippen LogP contribution >= 0.6 is 0 Å². The lowest BCUT2D eigenvalue weighted by Gasteiger charge is -2.09. The van der Waals surface area contributed by atoms with Crippen molar-refractivity contribution in [1.82, 2.24) is 9.97 Å². The molecule has 2 rings (SSSR count). The first kappa shape index (κ1) is 12.3. The average molecular weight is 253 g/mol. The first-order valence-corrected chi connectivity index (χ1v) is 5.23. The second-order valence-corrected chi connectivity index (χ2v) is 3.62. The van der Waals surface area contributed by atoms with Gasteiger partial charge in [-0.3, -0.25) is 0 Å². The average Bonchev–Trinajstić information content (AvgIpc) is 2.37. The van der Waals surface area contributed by atoms with Gasteiger partial charge in [-0.05, 0) is 23.8 Å². The molecule has 1 heterocycles. The normalized spacial score (nSPS) is 11.3. The van der Waals surface area contributed by atoms with E-state index in [-0.39, 0.29) is 6.54 Å². The molecular weight excluding hydrogens is 243 g/mol. The zero-order valence-electron chi connectivity index (χ0n) is 9.28. The van der Waals surface area contributed by atoms with Gasteiger partial charge in [0, 0.05) is 18.9 Å². The van der Waals surface area contributed by atoms with Crippen molar-refractivity contribution in [3.8, 4) is 0 Å². The molecule has 2 aromatic rings. The van der Waals surface area contributed by atoms with Gasteiger partial charge < -0.3 is 5.32 Å². The molecule has 3 nitrogen and oxygen atoms in total. The molecule has 0 saturated heterocycles. The van der Waals surface area contributed by atoms with Crippen molar-refractivity contribution in [2.45, 2.75) is 12.7 Å². The van der Waals surface area contributed by atoms with Gasteiger partial charge in [-0.15, -0.1) is 0 Å². The molecule has 0 fully saturated rings. The number of benzene rings is 1. The van der Waals surface area contributed by atoms with Crippen LogP contribution in [0.3, 0.4) is 0 Å². The molecule has 0 atom stereocenters. The van der Waals surface area contributed by atoms with Crippen LogP contribution in [0.2, 0.25) is 0 Å². The smallest absolute Gasteiger partial charge is 0.350 e. The predicted octanol–water partition coefficient (Wildman–Crippen LogP) is 3.11. The summed E-state index contributed by atoms with van der Waals surface area (Å²) in [6.07, 6.45) is -1.21. The second-order valence-electron chi connectivity index (χ2n) is 3.62. The summed E-state index contributed by atoms with van der Waals surface area (Å²) in [6, 6.07) is 6.81. The minimum Gasteiger partial charge on any atom is -0.350 e. The van der Waals surface area contributed by atoms with E-state index in [1.165, 1.54) is 6.07 Å². The molecule has 1 N–H and O–H groups in total. The number of hydrogen-bond acceptors (Lipinski definition) is 3. The lowest BCUT2D eigenvalue weighted by Crippen LogP contribution is -2.07. The third kappa shape index (κ3) is 3.19. The highest BCUT2D eigenvalue weighted by molar-refractivity contribution is 5.30. The highest BCUT2D eigenvalue weighted by Crippen LogP contribution is 2.29. The highest BCUT2D eigenvalue weighted by atomic mass is 19.4. The van der Waals surface area contributed by atoms with E-state index in [1.54, 1.807) is 24.5 Å². The topological polar surface area (TPSA) is 37.8 Å². The monoisotopic (exact) mass is 253 g/mol. The molecular formula is C12H10F3N3. The third-order valence-electron chi connectivity index (χ3n) is 2.27. The van der Waals surface area contributed by atoms with Crippen LogP contribution in [-0.2, 0) is 12.7 Å². The Balaban J connectivity index is 2.06. The first-order valence-electron chi connectivity index (χ1n) is 5.23. The van der Waals surface area contributed by atoms with Gasteiger partial charge in [0.05, 0.1) is 5.56 Å². The Morgan fingerprint density at radius 3 is 2.44 bits per heavy atom. The Hall–Kier alpha value is -2.11. The van der Waals surface area contributed by atoms with Crippen molar-refractivity contribution in [1.29, 1.82) is 0 Å². The van der Waals surface area contributed by atoms with E-state index >= 15 is 0 Å². The maximum atomic E-state index is 12.5. The van der Waals surface area contributed by atoms with Gasteiger partial charge >= 0.3 is 6.18 Å². The van der Waals surface area contributed by atoms with Gasteiger partial charge in [-0.2, -0.15) is 13.2 Å². The number of hydrogen-bond donors (Lipinski definition) is 1. The summed E-state index contributed by atoms with van der Waals surface area (Å²) < 4.78 is 37.5. The molecule has 0 bridgehead atoms. The van der Waals surface area contributed by atoms with Gasteiger partial charge in [-0.1, -0.05) is 12.1 Å². The Morgan fingerprint density at radius 2 is 1.78 bits per heavy atom. The van der Waals surface area contributed by atoms with E-state index < -0.39 is 11.7 Å². The largest absolute Gasteiger partial charge is 0.416 e. The number of halogens is 3. The molecule has 0 saturated carbocycles. The molecule has 1 aromatic carbocycles. The number of aromatic nitrogens is 2. The zero-order valence-corrected chi connectivity index (χ0v) is 9.28. The van der Waals surface area contributed by atoms with Gasteiger partial charge in [-0.25, -0.2) is 9.97 Å². The van der Waals surface area contributed by atoms with Crippen LogP contribution < -0.4 is 5.32 Å². The summed E-state index contributed by atoms with van der Waals surface area (Å²) in [7, 11) is 0. The van der Waals surface area contributed by atoms with Crippen molar-refractivity contribution >= 4 is 5.95 Å². The lowest BCUT2D eigenvalue weighted by molar-refractivity contribution is -0.137. The zero-order chi connectivity index (χ0) is 13.0. The number of nitrogens with zero attached hydrogens (tertiary/aromatic N) is 2. The summed E-state index contributed by atoms with van der Waals surface area (Å²) in [6.45, 7) is 0.244. The summed E-state index contributed by atoms with van der Waals surface area (Å²) in [5.41, 5.74) is -0.131. The maximum Gasteiger partial charge on any atom is 0.416 e. The Morgan fingerprint density at radius 1 is 1.06 bits per heavy atom. The van der Waals surface area contributed by atoms with E-state index in [9.17, 15) is 13.2 Å². The minimum atomic E-state index is -4.32. The number of alkyl halides is 3. The van der Waals surface area contributed by atoms with Gasteiger partial charge in [0.25, 0.3) is 0 Å². The van der Waals surface area contributed by atoms with Crippen LogP contribution in [0.25, 0.3) is 0 Å². The van der Waals surface area contributed by atoms with E-state index in [2.05, 4.69) is 15.3 Å². The van der Waals surface area contributed by atoms with Gasteiger partial charge in [0.15, 0.2) is 0 Å². The van der Waals surface area contributed by atoms with Crippen molar-refractivity contribution in [2.75, 3.05) is 5.32 Å². The van der Waals surface area contributed by atoms with Crippen LogP contribution in [0.5, 0.6) is 0 Å². The van der Waals surface area contributed by atoms with Gasteiger partial charge in [0.1, 0.15) is 0 Å².